The number of hydrogen-bond donors (Lipinski definition) is 3. The Morgan fingerprint density at radius 1 is 1.15 bits per heavy atom. The monoisotopic (exact) mass is 477 g/mol. The molecular weight excluding hydrogens is 455 g/mol. The van der Waals surface area contributed by atoms with Crippen LogP contribution in [0.3, 0.4) is 0 Å². The van der Waals surface area contributed by atoms with Gasteiger partial charge in [-0.15, -0.1) is 13.2 Å². The lowest BCUT2D eigenvalue weighted by Crippen LogP contribution is -2.84. The number of amides is 2. The number of carbonyl (C=O) groups excluding carboxylic acids is 2. The van der Waals surface area contributed by atoms with Crippen molar-refractivity contribution in [2.75, 3.05) is 0 Å². The Hall–Kier alpha value is -3.34. The van der Waals surface area contributed by atoms with Gasteiger partial charge in [-0.05, 0) is 44.4 Å². The summed E-state index contributed by atoms with van der Waals surface area (Å²) in [4.78, 5) is 28.8. The van der Waals surface area contributed by atoms with E-state index >= 15 is 0 Å². The SMILES string of the molecule is Cc1ccc2c(c1)[C@H](O)C[C@H](C(=O)NC13CC(NC(=O)c4ccc(OC(F)(F)F)nc4)(C1)C3)O2. The van der Waals surface area contributed by atoms with Gasteiger partial charge in [-0.3, -0.25) is 9.59 Å². The molecule has 2 amide bonds. The molecule has 6 rings (SSSR count). The van der Waals surface area contributed by atoms with E-state index in [1.807, 2.05) is 19.1 Å². The van der Waals surface area contributed by atoms with Crippen LogP contribution in [0.25, 0.3) is 0 Å². The third kappa shape index (κ3) is 4.15. The van der Waals surface area contributed by atoms with Gasteiger partial charge in [-0.2, -0.15) is 0 Å². The van der Waals surface area contributed by atoms with Crippen LogP contribution in [0.5, 0.6) is 11.6 Å². The van der Waals surface area contributed by atoms with Gasteiger partial charge >= 0.3 is 6.36 Å². The largest absolute Gasteiger partial charge is 0.574 e. The van der Waals surface area contributed by atoms with Crippen molar-refractivity contribution in [2.24, 2.45) is 0 Å². The van der Waals surface area contributed by atoms with Gasteiger partial charge in [0.1, 0.15) is 5.75 Å². The minimum atomic E-state index is -4.86. The third-order valence-electron chi connectivity index (χ3n) is 6.54. The number of rotatable bonds is 5. The second kappa shape index (κ2) is 7.59. The summed E-state index contributed by atoms with van der Waals surface area (Å²) in [6.45, 7) is 1.91. The van der Waals surface area contributed by atoms with Crippen LogP contribution in [0.1, 0.15) is 53.3 Å². The summed E-state index contributed by atoms with van der Waals surface area (Å²) in [7, 11) is 0. The first kappa shape index (κ1) is 22.5. The molecule has 0 saturated heterocycles. The van der Waals surface area contributed by atoms with Crippen molar-refractivity contribution in [3.8, 4) is 11.6 Å². The number of alkyl halides is 3. The highest BCUT2D eigenvalue weighted by atomic mass is 19.4. The van der Waals surface area contributed by atoms with E-state index in [2.05, 4.69) is 20.4 Å². The molecule has 1 aromatic carbocycles. The number of aliphatic hydroxyl groups is 1. The smallest absolute Gasteiger partial charge is 0.480 e. The van der Waals surface area contributed by atoms with Crippen LogP contribution in [0.4, 0.5) is 13.2 Å². The highest BCUT2D eigenvalue weighted by Crippen LogP contribution is 2.60. The number of nitrogens with one attached hydrogen (secondary N) is 2. The van der Waals surface area contributed by atoms with Crippen molar-refractivity contribution < 1.29 is 37.3 Å². The van der Waals surface area contributed by atoms with Crippen molar-refractivity contribution in [2.45, 2.75) is 62.3 Å². The van der Waals surface area contributed by atoms with Crippen molar-refractivity contribution >= 4 is 11.8 Å². The number of benzene rings is 1. The van der Waals surface area contributed by atoms with Crippen LogP contribution in [0.15, 0.2) is 36.5 Å². The fourth-order valence-corrected chi connectivity index (χ4v) is 5.13. The number of hydrogen-bond acceptors (Lipinski definition) is 6. The minimum absolute atomic E-state index is 0.107. The summed E-state index contributed by atoms with van der Waals surface area (Å²) < 4.78 is 46.2. The molecule has 4 aliphatic rings. The first-order valence-electron chi connectivity index (χ1n) is 10.8. The molecule has 3 fully saturated rings. The van der Waals surface area contributed by atoms with E-state index in [1.165, 1.54) is 6.07 Å². The van der Waals surface area contributed by atoms with Crippen LogP contribution in [-0.4, -0.2) is 45.4 Å². The van der Waals surface area contributed by atoms with Gasteiger partial charge in [0, 0.05) is 35.3 Å². The predicted octanol–water partition coefficient (Wildman–Crippen LogP) is 2.69. The molecule has 0 unspecified atom stereocenters. The van der Waals surface area contributed by atoms with E-state index in [0.717, 1.165) is 17.8 Å². The summed E-state index contributed by atoms with van der Waals surface area (Å²) >= 11 is 0. The molecule has 3 aliphatic carbocycles. The van der Waals surface area contributed by atoms with Crippen LogP contribution in [0, 0.1) is 6.92 Å². The number of fused-ring (bicyclic) bond motifs is 1. The summed E-state index contributed by atoms with van der Waals surface area (Å²) in [5.74, 6) is -0.930. The summed E-state index contributed by atoms with van der Waals surface area (Å²) in [5.41, 5.74) is 0.865. The Morgan fingerprint density at radius 2 is 1.85 bits per heavy atom. The molecule has 11 heteroatoms. The van der Waals surface area contributed by atoms with Gasteiger partial charge in [0.25, 0.3) is 11.8 Å². The molecule has 3 saturated carbocycles. The second-order valence-electron chi connectivity index (χ2n) is 9.37. The molecule has 2 aromatic rings. The number of carbonyl (C=O) groups is 2. The molecule has 34 heavy (non-hydrogen) atoms. The maximum atomic E-state index is 12.8. The third-order valence-corrected chi connectivity index (χ3v) is 6.54. The summed E-state index contributed by atoms with van der Waals surface area (Å²) in [5, 5.41) is 16.3. The molecule has 1 aromatic heterocycles. The zero-order valence-electron chi connectivity index (χ0n) is 18.1. The summed E-state index contributed by atoms with van der Waals surface area (Å²) in [6, 6.07) is 7.62. The van der Waals surface area contributed by atoms with Gasteiger partial charge in [0.2, 0.25) is 5.88 Å². The first-order chi connectivity index (χ1) is 15.9. The molecule has 0 spiro atoms. The first-order valence-corrected chi connectivity index (χ1v) is 10.8. The second-order valence-corrected chi connectivity index (χ2v) is 9.37. The maximum Gasteiger partial charge on any atom is 0.574 e. The van der Waals surface area contributed by atoms with Crippen molar-refractivity contribution in [3.05, 3.63) is 53.2 Å². The average molecular weight is 477 g/mol. The maximum absolute atomic E-state index is 12.8. The Bertz CT molecular complexity index is 1130. The number of nitrogens with zero attached hydrogens (tertiary/aromatic N) is 1. The zero-order valence-corrected chi connectivity index (χ0v) is 18.1. The number of aryl methyl sites for hydroxylation is 1. The van der Waals surface area contributed by atoms with E-state index in [9.17, 15) is 27.9 Å². The Kier molecular flexibility index (Phi) is 5.01. The topological polar surface area (TPSA) is 110 Å². The number of aromatic nitrogens is 1. The fraction of sp³-hybridized carbons (Fsp3) is 0.435. The molecule has 2 atom stereocenters. The van der Waals surface area contributed by atoms with Gasteiger partial charge in [0.05, 0.1) is 11.7 Å². The minimum Gasteiger partial charge on any atom is -0.480 e. The highest BCUT2D eigenvalue weighted by Gasteiger charge is 2.69. The molecule has 1 aliphatic heterocycles. The van der Waals surface area contributed by atoms with E-state index in [0.29, 0.717) is 30.6 Å². The van der Waals surface area contributed by atoms with Crippen LogP contribution in [0.2, 0.25) is 0 Å². The highest BCUT2D eigenvalue weighted by molar-refractivity contribution is 5.95. The van der Waals surface area contributed by atoms with Gasteiger partial charge in [-0.25, -0.2) is 4.98 Å². The number of halogens is 3. The quantitative estimate of drug-likeness (QED) is 0.611. The van der Waals surface area contributed by atoms with Crippen molar-refractivity contribution in [1.29, 1.82) is 0 Å². The number of aliphatic hydroxyl groups excluding tert-OH is 1. The van der Waals surface area contributed by atoms with E-state index in [1.54, 1.807) is 6.07 Å². The molecule has 8 nitrogen and oxygen atoms in total. The molecule has 2 heterocycles. The lowest BCUT2D eigenvalue weighted by molar-refractivity contribution is -0.276. The van der Waals surface area contributed by atoms with E-state index in [-0.39, 0.29) is 17.9 Å². The Balaban J connectivity index is 1.13. The van der Waals surface area contributed by atoms with Gasteiger partial charge < -0.3 is 25.2 Å². The Labute approximate surface area is 192 Å². The van der Waals surface area contributed by atoms with E-state index in [4.69, 9.17) is 4.74 Å². The van der Waals surface area contributed by atoms with Gasteiger partial charge in [0.15, 0.2) is 6.10 Å². The number of pyridine rings is 1. The molecule has 180 valence electrons. The molecular formula is C23H22F3N3O5. The lowest BCUT2D eigenvalue weighted by Gasteiger charge is -2.70. The normalized spacial score (nSPS) is 29.0. The fourth-order valence-electron chi connectivity index (χ4n) is 5.13. The van der Waals surface area contributed by atoms with Crippen LogP contribution >= 0.6 is 0 Å². The standard InChI is InChI=1S/C23H22F3N3O5/c1-12-2-4-16-14(6-12)15(30)7-17(33-16)20(32)29-22-9-21(10-22,11-22)28-19(31)13-3-5-18(27-8-13)34-23(24,25)26/h2-6,8,15,17,30H,7,9-11H2,1H3,(H,28,31)(H,29,32)/t15-,17-,21?,22?/m1/s1. The van der Waals surface area contributed by atoms with E-state index < -0.39 is 41.4 Å². The van der Waals surface area contributed by atoms with Crippen molar-refractivity contribution in [1.82, 2.24) is 15.6 Å². The lowest BCUT2D eigenvalue weighted by atomic mass is 9.44. The summed E-state index contributed by atoms with van der Waals surface area (Å²) in [6.07, 6.45) is -3.69. The predicted molar refractivity (Wildman–Crippen MR) is 111 cm³/mol. The molecule has 0 radical (unpaired) electrons. The van der Waals surface area contributed by atoms with Gasteiger partial charge in [-0.1, -0.05) is 11.6 Å². The van der Waals surface area contributed by atoms with Crippen LogP contribution in [-0.2, 0) is 4.79 Å². The average Bonchev–Trinajstić information content (AvgIpc) is 2.70. The number of ether oxygens (including phenoxy) is 2. The zero-order chi connectivity index (χ0) is 24.3. The Morgan fingerprint density at radius 3 is 2.50 bits per heavy atom. The van der Waals surface area contributed by atoms with Crippen LogP contribution < -0.4 is 20.1 Å². The van der Waals surface area contributed by atoms with Crippen molar-refractivity contribution in [3.63, 3.8) is 0 Å². The molecule has 2 bridgehead atoms. The molecule has 3 N–H and O–H groups in total.